The maximum absolute atomic E-state index is 13.0. The van der Waals surface area contributed by atoms with Gasteiger partial charge in [0.2, 0.25) is 5.91 Å². The summed E-state index contributed by atoms with van der Waals surface area (Å²) in [5, 5.41) is 5.30. The van der Waals surface area contributed by atoms with Crippen LogP contribution in [0.2, 0.25) is 0 Å². The minimum atomic E-state index is -0.290. The van der Waals surface area contributed by atoms with Crippen molar-refractivity contribution in [2.24, 2.45) is 0 Å². The molecule has 0 radical (unpaired) electrons. The van der Waals surface area contributed by atoms with Gasteiger partial charge in [0.25, 0.3) is 5.56 Å². The van der Waals surface area contributed by atoms with Crippen molar-refractivity contribution in [3.05, 3.63) is 80.6 Å². The lowest BCUT2D eigenvalue weighted by Crippen LogP contribution is -2.27. The number of nitrogens with zero attached hydrogens (tertiary/aromatic N) is 2. The first-order chi connectivity index (χ1) is 13.5. The number of aromatic nitrogens is 2. The number of hydrogen-bond acceptors (Lipinski definition) is 4. The lowest BCUT2D eigenvalue weighted by atomic mass is 10.1. The van der Waals surface area contributed by atoms with Crippen LogP contribution in [0.15, 0.2) is 69.5 Å². The Balaban J connectivity index is 1.67. The molecule has 0 saturated heterocycles. The number of fused-ring (bicyclic) bond motifs is 1. The van der Waals surface area contributed by atoms with Gasteiger partial charge in [0.05, 0.1) is 17.4 Å². The van der Waals surface area contributed by atoms with Gasteiger partial charge in [-0.2, -0.15) is 0 Å². The Kier molecular flexibility index (Phi) is 5.11. The molecule has 0 bridgehead atoms. The van der Waals surface area contributed by atoms with Crippen LogP contribution in [0.4, 0.5) is 5.69 Å². The Bertz CT molecular complexity index is 1230. The molecule has 4 aromatic rings. The third-order valence-electron chi connectivity index (χ3n) is 4.39. The lowest BCUT2D eigenvalue weighted by molar-refractivity contribution is -0.116. The Morgan fingerprint density at radius 3 is 2.68 bits per heavy atom. The summed E-state index contributed by atoms with van der Waals surface area (Å²) in [4.78, 5) is 30.5. The molecule has 4 rings (SSSR count). The fourth-order valence-electron chi connectivity index (χ4n) is 2.93. The Morgan fingerprint density at radius 1 is 1.18 bits per heavy atom. The van der Waals surface area contributed by atoms with E-state index in [4.69, 9.17) is 0 Å². The zero-order valence-electron chi connectivity index (χ0n) is 15.0. The third-order valence-corrected chi connectivity index (χ3v) is 5.96. The number of benzene rings is 2. The van der Waals surface area contributed by atoms with Gasteiger partial charge in [-0.3, -0.25) is 14.2 Å². The third kappa shape index (κ3) is 3.63. The van der Waals surface area contributed by atoms with Gasteiger partial charge in [-0.1, -0.05) is 42.0 Å². The molecule has 0 fully saturated rings. The SMILES string of the molecule is Cc1ccc(-c2csc3ncn(CC(=O)Nc4ccccc4Br)c(=O)c23)cc1. The molecule has 2 aromatic carbocycles. The Hall–Kier alpha value is -2.77. The van der Waals surface area contributed by atoms with Crippen molar-refractivity contribution in [3.8, 4) is 11.1 Å². The van der Waals surface area contributed by atoms with Gasteiger partial charge in [0.15, 0.2) is 0 Å². The van der Waals surface area contributed by atoms with E-state index in [1.807, 2.05) is 54.8 Å². The predicted molar refractivity (Wildman–Crippen MR) is 117 cm³/mol. The fourth-order valence-corrected chi connectivity index (χ4v) is 4.22. The molecule has 0 aliphatic heterocycles. The number of anilines is 1. The summed E-state index contributed by atoms with van der Waals surface area (Å²) < 4.78 is 2.13. The second-order valence-corrected chi connectivity index (χ2v) is 8.11. The van der Waals surface area contributed by atoms with Gasteiger partial charge in [-0.05, 0) is 40.5 Å². The van der Waals surface area contributed by atoms with Gasteiger partial charge in [-0.15, -0.1) is 11.3 Å². The molecular weight excluding hydrogens is 438 g/mol. The number of para-hydroxylation sites is 1. The van der Waals surface area contributed by atoms with Crippen LogP contribution in [0.1, 0.15) is 5.56 Å². The van der Waals surface area contributed by atoms with Gasteiger partial charge >= 0.3 is 0 Å². The summed E-state index contributed by atoms with van der Waals surface area (Å²) in [5.41, 5.74) is 3.40. The molecule has 1 amide bonds. The van der Waals surface area contributed by atoms with Crippen LogP contribution in [-0.4, -0.2) is 15.5 Å². The van der Waals surface area contributed by atoms with Crippen molar-refractivity contribution in [3.63, 3.8) is 0 Å². The molecule has 2 heterocycles. The van der Waals surface area contributed by atoms with E-state index in [9.17, 15) is 9.59 Å². The predicted octanol–water partition coefficient (Wildman–Crippen LogP) is 4.83. The van der Waals surface area contributed by atoms with Gasteiger partial charge in [-0.25, -0.2) is 4.98 Å². The number of carbonyl (C=O) groups is 1. The maximum atomic E-state index is 13.0. The molecule has 5 nitrogen and oxygen atoms in total. The molecule has 0 unspecified atom stereocenters. The summed E-state index contributed by atoms with van der Waals surface area (Å²) in [6, 6.07) is 15.3. The number of amides is 1. The highest BCUT2D eigenvalue weighted by Crippen LogP contribution is 2.30. The van der Waals surface area contributed by atoms with Crippen molar-refractivity contribution in [2.45, 2.75) is 13.5 Å². The average Bonchev–Trinajstić information content (AvgIpc) is 3.11. The van der Waals surface area contributed by atoms with Gasteiger partial charge < -0.3 is 5.32 Å². The van der Waals surface area contributed by atoms with E-state index in [0.29, 0.717) is 15.9 Å². The number of halogens is 1. The molecule has 0 saturated carbocycles. The summed E-state index contributed by atoms with van der Waals surface area (Å²) in [6.07, 6.45) is 1.43. The van der Waals surface area contributed by atoms with Crippen LogP contribution in [0.25, 0.3) is 21.3 Å². The molecule has 28 heavy (non-hydrogen) atoms. The Labute approximate surface area is 173 Å². The van der Waals surface area contributed by atoms with Gasteiger partial charge in [0, 0.05) is 15.4 Å². The van der Waals surface area contributed by atoms with E-state index in [0.717, 1.165) is 21.2 Å². The van der Waals surface area contributed by atoms with Crippen molar-refractivity contribution in [1.29, 1.82) is 0 Å². The minimum absolute atomic E-state index is 0.105. The van der Waals surface area contributed by atoms with E-state index in [1.165, 1.54) is 22.2 Å². The highest BCUT2D eigenvalue weighted by molar-refractivity contribution is 9.10. The van der Waals surface area contributed by atoms with E-state index < -0.39 is 0 Å². The maximum Gasteiger partial charge on any atom is 0.263 e. The van der Waals surface area contributed by atoms with E-state index in [-0.39, 0.29) is 18.0 Å². The molecule has 0 aliphatic rings. The first-order valence-electron chi connectivity index (χ1n) is 8.61. The summed E-state index contributed by atoms with van der Waals surface area (Å²) in [5.74, 6) is -0.290. The standard InChI is InChI=1S/C21H16BrN3O2S/c1-13-6-8-14(9-7-13)15-11-28-20-19(15)21(27)25(12-23-20)10-18(26)24-17-5-3-2-4-16(17)22/h2-9,11-12H,10H2,1H3,(H,24,26). The monoisotopic (exact) mass is 453 g/mol. The molecule has 7 heteroatoms. The van der Waals surface area contributed by atoms with E-state index >= 15 is 0 Å². The molecular formula is C21H16BrN3O2S. The second-order valence-electron chi connectivity index (χ2n) is 6.40. The van der Waals surface area contributed by atoms with E-state index in [1.54, 1.807) is 6.07 Å². The largest absolute Gasteiger partial charge is 0.324 e. The average molecular weight is 454 g/mol. The lowest BCUT2D eigenvalue weighted by Gasteiger charge is -2.09. The molecule has 0 atom stereocenters. The number of aryl methyl sites for hydroxylation is 1. The van der Waals surface area contributed by atoms with E-state index in [2.05, 4.69) is 26.2 Å². The molecule has 0 spiro atoms. The zero-order chi connectivity index (χ0) is 19.7. The van der Waals surface area contributed by atoms with Crippen molar-refractivity contribution in [2.75, 3.05) is 5.32 Å². The fraction of sp³-hybridized carbons (Fsp3) is 0.0952. The highest BCUT2D eigenvalue weighted by Gasteiger charge is 2.15. The highest BCUT2D eigenvalue weighted by atomic mass is 79.9. The number of nitrogens with one attached hydrogen (secondary N) is 1. The van der Waals surface area contributed by atoms with Crippen LogP contribution in [-0.2, 0) is 11.3 Å². The number of hydrogen-bond donors (Lipinski definition) is 1. The number of carbonyl (C=O) groups excluding carboxylic acids is 1. The van der Waals surface area contributed by atoms with Crippen LogP contribution in [0, 0.1) is 6.92 Å². The topological polar surface area (TPSA) is 64.0 Å². The van der Waals surface area contributed by atoms with Crippen LogP contribution < -0.4 is 10.9 Å². The summed E-state index contributed by atoms with van der Waals surface area (Å²) in [7, 11) is 0. The normalized spacial score (nSPS) is 10.9. The Morgan fingerprint density at radius 2 is 1.93 bits per heavy atom. The first kappa shape index (κ1) is 18.6. The van der Waals surface area contributed by atoms with Crippen LogP contribution in [0.5, 0.6) is 0 Å². The smallest absolute Gasteiger partial charge is 0.263 e. The van der Waals surface area contributed by atoms with Gasteiger partial charge in [0.1, 0.15) is 11.4 Å². The molecule has 1 N–H and O–H groups in total. The number of rotatable bonds is 4. The molecule has 140 valence electrons. The second kappa shape index (κ2) is 7.69. The summed E-state index contributed by atoms with van der Waals surface area (Å²) in [6.45, 7) is 1.92. The van der Waals surface area contributed by atoms with Crippen LogP contribution >= 0.6 is 27.3 Å². The van der Waals surface area contributed by atoms with Crippen molar-refractivity contribution in [1.82, 2.24) is 9.55 Å². The summed E-state index contributed by atoms with van der Waals surface area (Å²) >= 11 is 4.83. The van der Waals surface area contributed by atoms with Crippen LogP contribution in [0.3, 0.4) is 0 Å². The zero-order valence-corrected chi connectivity index (χ0v) is 17.4. The molecule has 0 aliphatic carbocycles. The number of thiophene rings is 1. The first-order valence-corrected chi connectivity index (χ1v) is 10.3. The molecule has 2 aromatic heterocycles. The van der Waals surface area contributed by atoms with Crippen molar-refractivity contribution >= 4 is 49.1 Å². The quantitative estimate of drug-likeness (QED) is 0.480. The van der Waals surface area contributed by atoms with Crippen molar-refractivity contribution < 1.29 is 4.79 Å². The minimum Gasteiger partial charge on any atom is -0.324 e.